The smallest absolute Gasteiger partial charge is 0.127 e. The number of hydrogen-bond donors (Lipinski definition) is 1. The van der Waals surface area contributed by atoms with Crippen molar-refractivity contribution >= 4 is 5.69 Å². The van der Waals surface area contributed by atoms with Crippen LogP contribution in [-0.4, -0.2) is 9.78 Å². The van der Waals surface area contributed by atoms with E-state index in [9.17, 15) is 0 Å². The van der Waals surface area contributed by atoms with E-state index in [2.05, 4.69) is 36.1 Å². The van der Waals surface area contributed by atoms with Crippen LogP contribution in [0.15, 0.2) is 79.6 Å². The summed E-state index contributed by atoms with van der Waals surface area (Å²) in [6.45, 7) is 6.66. The van der Waals surface area contributed by atoms with Crippen molar-refractivity contribution in [3.05, 3.63) is 85.2 Å². The molecule has 1 aromatic heterocycles. The van der Waals surface area contributed by atoms with Gasteiger partial charge in [-0.25, -0.2) is 0 Å². The molecule has 0 spiro atoms. The second-order valence-corrected chi connectivity index (χ2v) is 6.21. The largest absolute Gasteiger partial charge is 0.457 e. The van der Waals surface area contributed by atoms with Crippen LogP contribution in [-0.2, 0) is 6.54 Å². The lowest BCUT2D eigenvalue weighted by Gasteiger charge is -2.19. The highest BCUT2D eigenvalue weighted by Gasteiger charge is 2.12. The van der Waals surface area contributed by atoms with Gasteiger partial charge in [-0.15, -0.1) is 6.58 Å². The molecular formula is C22H25N3O. The van der Waals surface area contributed by atoms with E-state index in [0.717, 1.165) is 30.0 Å². The zero-order chi connectivity index (χ0) is 18.2. The minimum Gasteiger partial charge on any atom is -0.457 e. The summed E-state index contributed by atoms with van der Waals surface area (Å²) in [5.41, 5.74) is 2.26. The third kappa shape index (κ3) is 4.76. The van der Waals surface area contributed by atoms with Crippen LogP contribution in [0.5, 0.6) is 11.5 Å². The average molecular weight is 347 g/mol. The fraction of sp³-hybridized carbons (Fsp3) is 0.227. The fourth-order valence-electron chi connectivity index (χ4n) is 2.88. The number of benzene rings is 2. The number of para-hydroxylation sites is 1. The van der Waals surface area contributed by atoms with Gasteiger partial charge in [0.05, 0.1) is 24.5 Å². The summed E-state index contributed by atoms with van der Waals surface area (Å²) in [5, 5.41) is 7.92. The number of allylic oxidation sites excluding steroid dienone is 1. The Bertz CT molecular complexity index is 809. The Morgan fingerprint density at radius 1 is 1.12 bits per heavy atom. The predicted octanol–water partition coefficient (Wildman–Crippen LogP) is 5.81. The van der Waals surface area contributed by atoms with Crippen LogP contribution in [0.3, 0.4) is 0 Å². The maximum Gasteiger partial charge on any atom is 0.127 e. The van der Waals surface area contributed by atoms with E-state index in [4.69, 9.17) is 4.74 Å². The van der Waals surface area contributed by atoms with Gasteiger partial charge in [-0.05, 0) is 36.2 Å². The van der Waals surface area contributed by atoms with Gasteiger partial charge in [0.25, 0.3) is 0 Å². The molecule has 2 aromatic carbocycles. The molecule has 0 bridgehead atoms. The molecule has 0 radical (unpaired) electrons. The van der Waals surface area contributed by atoms with Crippen molar-refractivity contribution in [1.29, 1.82) is 0 Å². The molecule has 0 amide bonds. The van der Waals surface area contributed by atoms with Crippen molar-refractivity contribution in [1.82, 2.24) is 9.78 Å². The molecule has 4 nitrogen and oxygen atoms in total. The highest BCUT2D eigenvalue weighted by atomic mass is 16.5. The third-order valence-electron chi connectivity index (χ3n) is 4.13. The van der Waals surface area contributed by atoms with Gasteiger partial charge in [0.1, 0.15) is 11.5 Å². The first-order valence-corrected chi connectivity index (χ1v) is 9.01. The van der Waals surface area contributed by atoms with Crippen LogP contribution in [0.4, 0.5) is 5.69 Å². The van der Waals surface area contributed by atoms with Crippen LogP contribution in [0.2, 0.25) is 0 Å². The topological polar surface area (TPSA) is 39.1 Å². The van der Waals surface area contributed by atoms with E-state index in [1.807, 2.05) is 65.6 Å². The monoisotopic (exact) mass is 347 g/mol. The highest BCUT2D eigenvalue weighted by molar-refractivity contribution is 5.43. The van der Waals surface area contributed by atoms with E-state index in [-0.39, 0.29) is 6.04 Å². The molecule has 3 rings (SSSR count). The van der Waals surface area contributed by atoms with Crippen molar-refractivity contribution in [2.24, 2.45) is 0 Å². The summed E-state index contributed by atoms with van der Waals surface area (Å²) in [5.74, 6) is 1.69. The van der Waals surface area contributed by atoms with Gasteiger partial charge < -0.3 is 10.1 Å². The molecule has 1 atom stereocenters. The van der Waals surface area contributed by atoms with Crippen LogP contribution < -0.4 is 10.1 Å². The van der Waals surface area contributed by atoms with Crippen molar-refractivity contribution in [2.75, 3.05) is 5.32 Å². The average Bonchev–Trinajstić information content (AvgIpc) is 3.10. The first-order chi connectivity index (χ1) is 12.8. The Morgan fingerprint density at radius 3 is 2.54 bits per heavy atom. The number of aromatic nitrogens is 2. The van der Waals surface area contributed by atoms with E-state index in [1.165, 1.54) is 5.56 Å². The van der Waals surface area contributed by atoms with E-state index in [1.54, 1.807) is 0 Å². The molecule has 0 fully saturated rings. The molecule has 0 saturated carbocycles. The van der Waals surface area contributed by atoms with Gasteiger partial charge in [-0.3, -0.25) is 4.68 Å². The maximum atomic E-state index is 5.88. The quantitative estimate of drug-likeness (QED) is 0.496. The molecule has 1 heterocycles. The summed E-state index contributed by atoms with van der Waals surface area (Å²) in [7, 11) is 0. The van der Waals surface area contributed by atoms with Crippen molar-refractivity contribution in [3.63, 3.8) is 0 Å². The molecular weight excluding hydrogens is 322 g/mol. The third-order valence-corrected chi connectivity index (χ3v) is 4.13. The summed E-state index contributed by atoms with van der Waals surface area (Å²) in [6, 6.07) is 18.4. The Morgan fingerprint density at radius 2 is 1.85 bits per heavy atom. The number of anilines is 1. The predicted molar refractivity (Wildman–Crippen MR) is 107 cm³/mol. The summed E-state index contributed by atoms with van der Waals surface area (Å²) < 4.78 is 7.75. The van der Waals surface area contributed by atoms with Crippen LogP contribution in [0, 0.1) is 0 Å². The minimum absolute atomic E-state index is 0.243. The maximum absolute atomic E-state index is 5.88. The normalized spacial score (nSPS) is 11.7. The molecule has 0 aliphatic heterocycles. The zero-order valence-electron chi connectivity index (χ0n) is 15.1. The molecule has 1 N–H and O–H groups in total. The molecule has 26 heavy (non-hydrogen) atoms. The second kappa shape index (κ2) is 8.90. The molecule has 0 aliphatic rings. The molecule has 134 valence electrons. The van der Waals surface area contributed by atoms with Crippen LogP contribution >= 0.6 is 0 Å². The van der Waals surface area contributed by atoms with Gasteiger partial charge in [-0.2, -0.15) is 5.10 Å². The first-order valence-electron chi connectivity index (χ1n) is 9.01. The lowest BCUT2D eigenvalue weighted by molar-refractivity contribution is 0.482. The van der Waals surface area contributed by atoms with Gasteiger partial charge in [0.15, 0.2) is 0 Å². The van der Waals surface area contributed by atoms with Gasteiger partial charge in [0, 0.05) is 6.20 Å². The lowest BCUT2D eigenvalue weighted by Crippen LogP contribution is -2.10. The van der Waals surface area contributed by atoms with Gasteiger partial charge in [-0.1, -0.05) is 49.8 Å². The molecule has 0 aliphatic carbocycles. The van der Waals surface area contributed by atoms with Crippen molar-refractivity contribution in [2.45, 2.75) is 32.4 Å². The van der Waals surface area contributed by atoms with Crippen molar-refractivity contribution in [3.8, 4) is 11.5 Å². The summed E-state index contributed by atoms with van der Waals surface area (Å²) in [4.78, 5) is 0. The highest BCUT2D eigenvalue weighted by Crippen LogP contribution is 2.27. The van der Waals surface area contributed by atoms with Gasteiger partial charge >= 0.3 is 0 Å². The molecule has 3 aromatic rings. The number of nitrogens with one attached hydrogen (secondary N) is 1. The first kappa shape index (κ1) is 17.8. The number of ether oxygens (including phenoxy) is 1. The SMILES string of the molecule is C=CCn1cc(NC(CCC)c2ccc(Oc3ccccc3)cc2)cn1. The second-order valence-electron chi connectivity index (χ2n) is 6.21. The Hall–Kier alpha value is -3.01. The summed E-state index contributed by atoms with van der Waals surface area (Å²) in [6.07, 6.45) is 7.86. The Kier molecular flexibility index (Phi) is 6.09. The Balaban J connectivity index is 1.69. The lowest BCUT2D eigenvalue weighted by atomic mass is 10.0. The molecule has 4 heteroatoms. The number of nitrogens with zero attached hydrogens (tertiary/aromatic N) is 2. The van der Waals surface area contributed by atoms with E-state index < -0.39 is 0 Å². The van der Waals surface area contributed by atoms with Crippen LogP contribution in [0.1, 0.15) is 31.4 Å². The molecule has 1 unspecified atom stereocenters. The van der Waals surface area contributed by atoms with Crippen LogP contribution in [0.25, 0.3) is 0 Å². The van der Waals surface area contributed by atoms with E-state index >= 15 is 0 Å². The molecule has 0 saturated heterocycles. The van der Waals surface area contributed by atoms with Crippen molar-refractivity contribution < 1.29 is 4.74 Å². The Labute approximate surface area is 155 Å². The zero-order valence-corrected chi connectivity index (χ0v) is 15.1. The standard InChI is InChI=1S/C22H25N3O/c1-3-8-22(24-19-16-23-25(17-19)15-4-2)18-11-13-21(14-12-18)26-20-9-6-5-7-10-20/h4-7,9-14,16-17,22,24H,2-3,8,15H2,1H3. The van der Waals surface area contributed by atoms with E-state index in [0.29, 0.717) is 6.54 Å². The minimum atomic E-state index is 0.243. The fourth-order valence-corrected chi connectivity index (χ4v) is 2.88. The number of rotatable bonds is 9. The van der Waals surface area contributed by atoms with Gasteiger partial charge in [0.2, 0.25) is 0 Å². The number of hydrogen-bond acceptors (Lipinski definition) is 3. The summed E-state index contributed by atoms with van der Waals surface area (Å²) >= 11 is 0.